The maximum absolute atomic E-state index is 12.9. The monoisotopic (exact) mass is 467 g/mol. The maximum atomic E-state index is 12.9. The van der Waals surface area contributed by atoms with Gasteiger partial charge in [-0.3, -0.25) is 0 Å². The van der Waals surface area contributed by atoms with Crippen LogP contribution in [0.4, 0.5) is 0 Å². The average molecular weight is 468 g/mol. The van der Waals surface area contributed by atoms with Crippen molar-refractivity contribution in [3.05, 3.63) is 60.3 Å². The molecule has 1 unspecified atom stereocenters. The molecule has 2 aliphatic rings. The number of fused-ring (bicyclic) bond motifs is 1. The fourth-order valence-corrected chi connectivity index (χ4v) is 6.87. The lowest BCUT2D eigenvalue weighted by Gasteiger charge is -2.31. The molecule has 0 bridgehead atoms. The number of piperidine rings is 1. The van der Waals surface area contributed by atoms with Crippen LogP contribution in [0.3, 0.4) is 0 Å². The van der Waals surface area contributed by atoms with Crippen molar-refractivity contribution in [2.45, 2.75) is 37.7 Å². The molecule has 176 valence electrons. The summed E-state index contributed by atoms with van der Waals surface area (Å²) in [4.78, 5) is 5.57. The van der Waals surface area contributed by atoms with Crippen LogP contribution in [0.25, 0.3) is 22.0 Å². The number of rotatable bonds is 7. The molecule has 2 aliphatic heterocycles. The third kappa shape index (κ3) is 5.01. The first-order chi connectivity index (χ1) is 16.0. The number of aliphatic hydroxyl groups is 1. The van der Waals surface area contributed by atoms with Gasteiger partial charge in [0.05, 0.1) is 11.9 Å². The van der Waals surface area contributed by atoms with Crippen molar-refractivity contribution >= 4 is 20.9 Å². The molecule has 1 aromatic heterocycles. The predicted molar refractivity (Wildman–Crippen MR) is 133 cm³/mol. The van der Waals surface area contributed by atoms with Crippen LogP contribution in [0.5, 0.6) is 0 Å². The van der Waals surface area contributed by atoms with Gasteiger partial charge in [-0.15, -0.1) is 0 Å². The Morgan fingerprint density at radius 3 is 2.48 bits per heavy atom. The molecule has 5 rings (SSSR count). The molecule has 1 atom stereocenters. The summed E-state index contributed by atoms with van der Waals surface area (Å²) in [7, 11) is -3.23. The minimum Gasteiger partial charge on any atom is -0.392 e. The lowest BCUT2D eigenvalue weighted by atomic mass is 9.89. The van der Waals surface area contributed by atoms with Crippen LogP contribution in [0.1, 0.15) is 37.2 Å². The van der Waals surface area contributed by atoms with Crippen molar-refractivity contribution in [1.82, 2.24) is 14.2 Å². The predicted octanol–water partition coefficient (Wildman–Crippen LogP) is 3.80. The van der Waals surface area contributed by atoms with E-state index in [2.05, 4.69) is 58.5 Å². The van der Waals surface area contributed by atoms with Gasteiger partial charge >= 0.3 is 0 Å². The van der Waals surface area contributed by atoms with Crippen LogP contribution < -0.4 is 0 Å². The largest absolute Gasteiger partial charge is 0.392 e. The number of hydrogen-bond donors (Lipinski definition) is 2. The Balaban J connectivity index is 1.21. The van der Waals surface area contributed by atoms with E-state index >= 15 is 0 Å². The molecule has 2 aromatic carbocycles. The summed E-state index contributed by atoms with van der Waals surface area (Å²) in [5, 5.41) is 10.9. The zero-order valence-electron chi connectivity index (χ0n) is 19.0. The second-order valence-corrected chi connectivity index (χ2v) is 11.5. The summed E-state index contributed by atoms with van der Waals surface area (Å²) in [6.45, 7) is 3.44. The summed E-state index contributed by atoms with van der Waals surface area (Å²) in [6, 6.07) is 16.9. The zero-order chi connectivity index (χ0) is 22.8. The first kappa shape index (κ1) is 22.6. The molecule has 3 heterocycles. The summed E-state index contributed by atoms with van der Waals surface area (Å²) in [5.74, 6) is 0.555. The molecule has 7 heteroatoms. The standard InChI is InChI=1S/C26H33N3O3S/c30-23-11-13-28(19-23)12-4-16-33(31,32)29-14-9-21(10-15-29)25-18-27-26-8-7-22(17-24(25)26)20-5-2-1-3-6-20/h1-3,5-8,17-18,21,23,27,30H,4,9-16,19H2. The minimum absolute atomic E-state index is 0.192. The van der Waals surface area contributed by atoms with Gasteiger partial charge in [0.2, 0.25) is 10.0 Å². The summed E-state index contributed by atoms with van der Waals surface area (Å²) < 4.78 is 27.5. The van der Waals surface area contributed by atoms with E-state index < -0.39 is 10.0 Å². The topological polar surface area (TPSA) is 76.6 Å². The number of β-amino-alcohol motifs (C(OH)–C–C–N with tert-alkyl or cyclic N) is 1. The van der Waals surface area contributed by atoms with Gasteiger partial charge < -0.3 is 15.0 Å². The second-order valence-electron chi connectivity index (χ2n) is 9.46. The van der Waals surface area contributed by atoms with Crippen molar-refractivity contribution in [3.8, 4) is 11.1 Å². The lowest BCUT2D eigenvalue weighted by molar-refractivity contribution is 0.176. The van der Waals surface area contributed by atoms with E-state index in [-0.39, 0.29) is 11.9 Å². The third-order valence-electron chi connectivity index (χ3n) is 7.23. The van der Waals surface area contributed by atoms with Crippen molar-refractivity contribution in [2.24, 2.45) is 0 Å². The quantitative estimate of drug-likeness (QED) is 0.554. The zero-order valence-corrected chi connectivity index (χ0v) is 19.8. The Hall–Kier alpha value is -2.19. The van der Waals surface area contributed by atoms with E-state index in [4.69, 9.17) is 0 Å². The van der Waals surface area contributed by atoms with E-state index in [1.165, 1.54) is 22.1 Å². The van der Waals surface area contributed by atoms with E-state index in [0.717, 1.165) is 37.9 Å². The highest BCUT2D eigenvalue weighted by molar-refractivity contribution is 7.89. The first-order valence-corrected chi connectivity index (χ1v) is 13.7. The van der Waals surface area contributed by atoms with E-state index in [9.17, 15) is 13.5 Å². The van der Waals surface area contributed by atoms with Crippen LogP contribution in [0.15, 0.2) is 54.7 Å². The Morgan fingerprint density at radius 2 is 1.76 bits per heavy atom. The fraction of sp³-hybridized carbons (Fsp3) is 0.462. The number of aromatic amines is 1. The highest BCUT2D eigenvalue weighted by Crippen LogP contribution is 2.35. The smallest absolute Gasteiger partial charge is 0.214 e. The van der Waals surface area contributed by atoms with E-state index in [0.29, 0.717) is 32.0 Å². The highest BCUT2D eigenvalue weighted by Gasteiger charge is 2.30. The van der Waals surface area contributed by atoms with Crippen LogP contribution >= 0.6 is 0 Å². The Labute approximate surface area is 196 Å². The molecule has 2 saturated heterocycles. The van der Waals surface area contributed by atoms with Crippen molar-refractivity contribution in [1.29, 1.82) is 0 Å². The molecular weight excluding hydrogens is 434 g/mol. The van der Waals surface area contributed by atoms with Gasteiger partial charge in [0.1, 0.15) is 0 Å². The SMILES string of the molecule is O=S(=O)(CCCN1CCC(O)C1)N1CCC(c2c[nH]c3ccc(-c4ccccc4)cc23)CC1. The normalized spacial score (nSPS) is 21.2. The van der Waals surface area contributed by atoms with E-state index in [1.54, 1.807) is 4.31 Å². The van der Waals surface area contributed by atoms with E-state index in [1.807, 2.05) is 6.07 Å². The summed E-state index contributed by atoms with van der Waals surface area (Å²) in [5.41, 5.74) is 4.84. The lowest BCUT2D eigenvalue weighted by Crippen LogP contribution is -2.39. The molecule has 0 radical (unpaired) electrons. The number of nitrogens with one attached hydrogen (secondary N) is 1. The van der Waals surface area contributed by atoms with Crippen LogP contribution in [-0.2, 0) is 10.0 Å². The average Bonchev–Trinajstić information content (AvgIpc) is 3.45. The maximum Gasteiger partial charge on any atom is 0.214 e. The van der Waals surface area contributed by atoms with Crippen molar-refractivity contribution in [2.75, 3.05) is 38.5 Å². The van der Waals surface area contributed by atoms with Crippen LogP contribution in [0, 0.1) is 0 Å². The van der Waals surface area contributed by atoms with Crippen LogP contribution in [0.2, 0.25) is 0 Å². The Morgan fingerprint density at radius 1 is 0.970 bits per heavy atom. The molecule has 0 saturated carbocycles. The molecule has 6 nitrogen and oxygen atoms in total. The number of sulfonamides is 1. The molecule has 33 heavy (non-hydrogen) atoms. The first-order valence-electron chi connectivity index (χ1n) is 12.0. The van der Waals surface area contributed by atoms with Gasteiger partial charge in [0.15, 0.2) is 0 Å². The van der Waals surface area contributed by atoms with Gasteiger partial charge in [0.25, 0.3) is 0 Å². The number of H-pyrrole nitrogens is 1. The number of aromatic nitrogens is 1. The van der Waals surface area contributed by atoms with Crippen LogP contribution in [-0.4, -0.2) is 72.3 Å². The van der Waals surface area contributed by atoms with Gasteiger partial charge in [0, 0.05) is 43.3 Å². The molecule has 2 fully saturated rings. The van der Waals surface area contributed by atoms with Gasteiger partial charge in [-0.2, -0.15) is 0 Å². The van der Waals surface area contributed by atoms with Crippen molar-refractivity contribution in [3.63, 3.8) is 0 Å². The van der Waals surface area contributed by atoms with Gasteiger partial charge in [-0.25, -0.2) is 12.7 Å². The van der Waals surface area contributed by atoms with Crippen molar-refractivity contribution < 1.29 is 13.5 Å². The van der Waals surface area contributed by atoms with Gasteiger partial charge in [-0.05, 0) is 67.0 Å². The summed E-state index contributed by atoms with van der Waals surface area (Å²) >= 11 is 0. The van der Waals surface area contributed by atoms with Gasteiger partial charge in [-0.1, -0.05) is 36.4 Å². The Kier molecular flexibility index (Phi) is 6.56. The number of hydrogen-bond acceptors (Lipinski definition) is 4. The molecule has 0 spiro atoms. The molecule has 3 aromatic rings. The molecule has 0 aliphatic carbocycles. The number of likely N-dealkylation sites (tertiary alicyclic amines) is 1. The molecule has 2 N–H and O–H groups in total. The fourth-order valence-electron chi connectivity index (χ4n) is 5.35. The molecular formula is C26H33N3O3S. The Bertz CT molecular complexity index is 1180. The number of nitrogens with zero attached hydrogens (tertiary/aromatic N) is 2. The highest BCUT2D eigenvalue weighted by atomic mass is 32.2. The summed E-state index contributed by atoms with van der Waals surface area (Å²) in [6.07, 6.45) is 4.97. The third-order valence-corrected chi connectivity index (χ3v) is 9.19. The number of aliphatic hydroxyl groups excluding tert-OH is 1. The molecule has 0 amide bonds. The number of benzene rings is 2. The second kappa shape index (κ2) is 9.58. The minimum atomic E-state index is -3.23.